The quantitative estimate of drug-likeness (QED) is 0.415. The molecule has 1 aromatic carbocycles. The normalized spacial score (nSPS) is 15.1. The van der Waals surface area contributed by atoms with E-state index in [0.29, 0.717) is 12.8 Å². The van der Waals surface area contributed by atoms with Crippen LogP contribution in [0.25, 0.3) is 11.5 Å². The Hall–Kier alpha value is -3.52. The van der Waals surface area contributed by atoms with E-state index in [9.17, 15) is 4.79 Å². The van der Waals surface area contributed by atoms with Crippen molar-refractivity contribution in [3.63, 3.8) is 0 Å². The van der Waals surface area contributed by atoms with Crippen molar-refractivity contribution < 1.29 is 4.79 Å². The molecular formula is C28H35N7O. The van der Waals surface area contributed by atoms with Crippen molar-refractivity contribution in [2.75, 3.05) is 26.2 Å². The zero-order valence-corrected chi connectivity index (χ0v) is 21.9. The highest BCUT2D eigenvalue weighted by molar-refractivity contribution is 5.76. The van der Waals surface area contributed by atoms with Crippen LogP contribution in [-0.2, 0) is 16.8 Å². The fourth-order valence-corrected chi connectivity index (χ4v) is 5.28. The molecule has 188 valence electrons. The largest absolute Gasteiger partial charge is 0.340 e. The number of aromatic nitrogens is 5. The van der Waals surface area contributed by atoms with Gasteiger partial charge in [0.2, 0.25) is 5.91 Å². The first-order valence-electron chi connectivity index (χ1n) is 12.7. The number of hydrogen-bond donors (Lipinski definition) is 0. The van der Waals surface area contributed by atoms with Crippen molar-refractivity contribution in [1.82, 2.24) is 34.2 Å². The summed E-state index contributed by atoms with van der Waals surface area (Å²) in [5, 5.41) is 9.46. The molecule has 1 fully saturated rings. The first kappa shape index (κ1) is 24.2. The molecule has 1 amide bonds. The minimum absolute atomic E-state index is 0.0501. The molecule has 1 aliphatic heterocycles. The van der Waals surface area contributed by atoms with E-state index in [1.54, 1.807) is 0 Å². The molecule has 4 heterocycles. The number of amides is 1. The van der Waals surface area contributed by atoms with Crippen LogP contribution in [0.4, 0.5) is 0 Å². The number of carbonyl (C=O) groups excluding carboxylic acids is 1. The Morgan fingerprint density at radius 3 is 2.39 bits per heavy atom. The number of rotatable bonds is 6. The van der Waals surface area contributed by atoms with Crippen molar-refractivity contribution in [1.29, 1.82) is 0 Å². The molecule has 0 atom stereocenters. The molecule has 8 nitrogen and oxygen atoms in total. The summed E-state index contributed by atoms with van der Waals surface area (Å²) in [5.74, 6) is 0.964. The lowest BCUT2D eigenvalue weighted by molar-refractivity contribution is -0.133. The van der Waals surface area contributed by atoms with Crippen molar-refractivity contribution in [3.8, 4) is 5.82 Å². The number of nitrogens with zero attached hydrogens (tertiary/aromatic N) is 7. The van der Waals surface area contributed by atoms with E-state index in [2.05, 4.69) is 61.0 Å². The van der Waals surface area contributed by atoms with Gasteiger partial charge in [0.25, 0.3) is 0 Å². The fraction of sp³-hybridized carbons (Fsp3) is 0.429. The Bertz CT molecular complexity index is 1380. The molecule has 0 radical (unpaired) electrons. The Morgan fingerprint density at radius 2 is 1.67 bits per heavy atom. The van der Waals surface area contributed by atoms with E-state index in [0.717, 1.165) is 60.3 Å². The van der Waals surface area contributed by atoms with Crippen molar-refractivity contribution in [2.45, 2.75) is 53.0 Å². The predicted molar refractivity (Wildman–Crippen MR) is 140 cm³/mol. The van der Waals surface area contributed by atoms with Gasteiger partial charge in [-0.05, 0) is 64.3 Å². The van der Waals surface area contributed by atoms with Gasteiger partial charge < -0.3 is 4.90 Å². The second-order valence-corrected chi connectivity index (χ2v) is 10.2. The lowest BCUT2D eigenvalue weighted by Crippen LogP contribution is -2.54. The fourth-order valence-electron chi connectivity index (χ4n) is 5.28. The Labute approximate surface area is 212 Å². The van der Waals surface area contributed by atoms with E-state index >= 15 is 0 Å². The van der Waals surface area contributed by atoms with E-state index in [1.165, 1.54) is 5.56 Å². The molecule has 0 spiro atoms. The van der Waals surface area contributed by atoms with Gasteiger partial charge in [0, 0.05) is 43.8 Å². The third kappa shape index (κ3) is 4.41. The van der Waals surface area contributed by atoms with Crippen LogP contribution in [0, 0.1) is 20.8 Å². The molecule has 36 heavy (non-hydrogen) atoms. The average molecular weight is 486 g/mol. The summed E-state index contributed by atoms with van der Waals surface area (Å²) in [5.41, 5.74) is 6.15. The van der Waals surface area contributed by atoms with Crippen molar-refractivity contribution in [2.24, 2.45) is 0 Å². The van der Waals surface area contributed by atoms with Gasteiger partial charge >= 0.3 is 0 Å². The van der Waals surface area contributed by atoms with Gasteiger partial charge in [-0.3, -0.25) is 9.69 Å². The van der Waals surface area contributed by atoms with Crippen LogP contribution in [0.2, 0.25) is 0 Å². The molecule has 8 heteroatoms. The average Bonchev–Trinajstić information content (AvgIpc) is 3.41. The van der Waals surface area contributed by atoms with Crippen LogP contribution in [-0.4, -0.2) is 66.3 Å². The second-order valence-electron chi connectivity index (χ2n) is 10.2. The third-order valence-electron chi connectivity index (χ3n) is 7.67. The molecule has 1 aliphatic rings. The highest BCUT2D eigenvalue weighted by Gasteiger charge is 2.32. The van der Waals surface area contributed by atoms with Crippen LogP contribution < -0.4 is 0 Å². The molecule has 0 aliphatic carbocycles. The minimum Gasteiger partial charge on any atom is -0.340 e. The van der Waals surface area contributed by atoms with Crippen LogP contribution in [0.5, 0.6) is 0 Å². The number of hydrogen-bond acceptors (Lipinski definition) is 5. The maximum absolute atomic E-state index is 13.1. The van der Waals surface area contributed by atoms with Gasteiger partial charge in [-0.15, -0.1) is 5.10 Å². The number of carbonyl (C=O) groups is 1. The molecule has 5 rings (SSSR count). The summed E-state index contributed by atoms with van der Waals surface area (Å²) in [6, 6.07) is 14.5. The van der Waals surface area contributed by atoms with Crippen molar-refractivity contribution in [3.05, 3.63) is 76.9 Å². The highest BCUT2D eigenvalue weighted by atomic mass is 16.2. The maximum atomic E-state index is 13.1. The Morgan fingerprint density at radius 1 is 0.944 bits per heavy atom. The van der Waals surface area contributed by atoms with Crippen LogP contribution in [0.1, 0.15) is 48.5 Å². The van der Waals surface area contributed by atoms with Gasteiger partial charge in [0.1, 0.15) is 0 Å². The SMILES string of the molecule is Cc1nn(-c2ccc3ncc(C)n3n2)c(C)c1CCC(=O)N1CCN(C(C)(C)c2ccccc2)CC1. The summed E-state index contributed by atoms with van der Waals surface area (Å²) >= 11 is 0. The van der Waals surface area contributed by atoms with Crippen molar-refractivity contribution >= 4 is 11.6 Å². The predicted octanol–water partition coefficient (Wildman–Crippen LogP) is 3.85. The van der Waals surface area contributed by atoms with Gasteiger partial charge in [-0.2, -0.15) is 5.10 Å². The first-order chi connectivity index (χ1) is 17.3. The van der Waals surface area contributed by atoms with Gasteiger partial charge in [0.05, 0.1) is 17.6 Å². The van der Waals surface area contributed by atoms with Crippen LogP contribution in [0.15, 0.2) is 48.7 Å². The minimum atomic E-state index is -0.0501. The van der Waals surface area contributed by atoms with Crippen LogP contribution >= 0.6 is 0 Å². The second kappa shape index (κ2) is 9.50. The summed E-state index contributed by atoms with van der Waals surface area (Å²) in [6.07, 6.45) is 2.98. The van der Waals surface area contributed by atoms with E-state index in [-0.39, 0.29) is 11.4 Å². The molecule has 0 bridgehead atoms. The Kier molecular flexibility index (Phi) is 6.38. The Balaban J connectivity index is 1.22. The summed E-state index contributed by atoms with van der Waals surface area (Å²) < 4.78 is 3.70. The third-order valence-corrected chi connectivity index (χ3v) is 7.67. The molecular weight excluding hydrogens is 450 g/mol. The zero-order valence-electron chi connectivity index (χ0n) is 21.9. The summed E-state index contributed by atoms with van der Waals surface area (Å²) in [4.78, 5) is 22.0. The molecule has 1 saturated heterocycles. The van der Waals surface area contributed by atoms with E-state index < -0.39 is 0 Å². The van der Waals surface area contributed by atoms with E-state index in [1.807, 2.05) is 46.3 Å². The maximum Gasteiger partial charge on any atom is 0.222 e. The number of benzene rings is 1. The monoisotopic (exact) mass is 485 g/mol. The lowest BCUT2D eigenvalue weighted by Gasteiger charge is -2.44. The topological polar surface area (TPSA) is 71.6 Å². The van der Waals surface area contributed by atoms with E-state index in [4.69, 9.17) is 10.2 Å². The summed E-state index contributed by atoms with van der Waals surface area (Å²) in [7, 11) is 0. The number of piperazine rings is 1. The molecule has 0 unspecified atom stereocenters. The summed E-state index contributed by atoms with van der Waals surface area (Å²) in [6.45, 7) is 13.9. The van der Waals surface area contributed by atoms with Gasteiger partial charge in [-0.1, -0.05) is 30.3 Å². The number of imidazole rings is 1. The smallest absolute Gasteiger partial charge is 0.222 e. The number of fused-ring (bicyclic) bond motifs is 1. The number of aryl methyl sites for hydroxylation is 2. The van der Waals surface area contributed by atoms with Gasteiger partial charge in [-0.25, -0.2) is 14.2 Å². The standard InChI is InChI=1S/C28H35N7O/c1-20-19-29-25-12-13-26(31-34(20)25)35-22(3)24(21(2)30-35)11-14-27(36)32-15-17-33(18-16-32)28(4,5)23-9-7-6-8-10-23/h6-10,12-13,19H,11,14-18H2,1-5H3. The molecule has 0 saturated carbocycles. The van der Waals surface area contributed by atoms with Crippen LogP contribution in [0.3, 0.4) is 0 Å². The highest BCUT2D eigenvalue weighted by Crippen LogP contribution is 2.29. The molecule has 0 N–H and O–H groups in total. The van der Waals surface area contributed by atoms with Gasteiger partial charge in [0.15, 0.2) is 11.5 Å². The molecule has 3 aromatic heterocycles. The first-order valence-corrected chi connectivity index (χ1v) is 12.7. The zero-order chi connectivity index (χ0) is 25.4. The lowest BCUT2D eigenvalue weighted by atomic mass is 9.91. The molecule has 4 aromatic rings.